The van der Waals surface area contributed by atoms with Gasteiger partial charge in [0.25, 0.3) is 0 Å². The minimum atomic E-state index is 0.910. The van der Waals surface area contributed by atoms with Gasteiger partial charge in [-0.1, -0.05) is 42.5 Å². The minimum absolute atomic E-state index is 0.910. The van der Waals surface area contributed by atoms with Crippen LogP contribution in [0.25, 0.3) is 22.2 Å². The molecule has 0 aliphatic carbocycles. The van der Waals surface area contributed by atoms with Crippen LogP contribution >= 0.6 is 0 Å². The van der Waals surface area contributed by atoms with Gasteiger partial charge in [-0.25, -0.2) is 0 Å². The third kappa shape index (κ3) is 2.25. The van der Waals surface area contributed by atoms with Gasteiger partial charge in [0.05, 0.1) is 11.2 Å². The largest absolute Gasteiger partial charge is 0.344 e. The Kier molecular flexibility index (Phi) is 3.27. The van der Waals surface area contributed by atoms with Gasteiger partial charge >= 0.3 is 0 Å². The molecule has 0 saturated carbocycles. The van der Waals surface area contributed by atoms with E-state index < -0.39 is 0 Å². The van der Waals surface area contributed by atoms with Crippen LogP contribution in [-0.2, 0) is 7.05 Å². The number of anilines is 1. The highest BCUT2D eigenvalue weighted by Crippen LogP contribution is 2.35. The molecule has 114 valence electrons. The summed E-state index contributed by atoms with van der Waals surface area (Å²) in [6.07, 6.45) is 8.47. The predicted molar refractivity (Wildman–Crippen MR) is 96.5 cm³/mol. The standard InChI is InChI=1S/C20H19N3/c1-15-16(10-8-12-19(15)23-13-6-3-7-14-23)20-17-9-4-5-11-18(17)21-22(20)2/h3-13H,14H2,1-2H3. The monoisotopic (exact) mass is 301 g/mol. The number of aryl methyl sites for hydroxylation is 1. The van der Waals surface area contributed by atoms with E-state index in [2.05, 4.69) is 77.7 Å². The van der Waals surface area contributed by atoms with E-state index in [1.54, 1.807) is 0 Å². The zero-order valence-corrected chi connectivity index (χ0v) is 13.4. The number of allylic oxidation sites excluding steroid dienone is 2. The zero-order chi connectivity index (χ0) is 15.8. The van der Waals surface area contributed by atoms with Crippen LogP contribution in [0.15, 0.2) is 66.9 Å². The van der Waals surface area contributed by atoms with Crippen LogP contribution in [0, 0.1) is 6.92 Å². The molecular weight excluding hydrogens is 282 g/mol. The van der Waals surface area contributed by atoms with Crippen molar-refractivity contribution < 1.29 is 0 Å². The van der Waals surface area contributed by atoms with Crippen LogP contribution in [0.5, 0.6) is 0 Å². The lowest BCUT2D eigenvalue weighted by molar-refractivity contribution is 0.787. The average Bonchev–Trinajstić information content (AvgIpc) is 2.92. The van der Waals surface area contributed by atoms with Gasteiger partial charge < -0.3 is 4.90 Å². The molecule has 3 aromatic rings. The maximum absolute atomic E-state index is 4.65. The lowest BCUT2D eigenvalue weighted by Gasteiger charge is -2.24. The molecule has 23 heavy (non-hydrogen) atoms. The van der Waals surface area contributed by atoms with Gasteiger partial charge in [-0.2, -0.15) is 5.10 Å². The van der Waals surface area contributed by atoms with E-state index in [1.165, 1.54) is 27.9 Å². The van der Waals surface area contributed by atoms with Crippen molar-refractivity contribution in [1.82, 2.24) is 9.78 Å². The molecule has 1 aromatic heterocycles. The highest BCUT2D eigenvalue weighted by molar-refractivity contribution is 5.95. The maximum atomic E-state index is 4.65. The van der Waals surface area contributed by atoms with E-state index in [4.69, 9.17) is 0 Å². The minimum Gasteiger partial charge on any atom is -0.344 e. The third-order valence-electron chi connectivity index (χ3n) is 4.43. The summed E-state index contributed by atoms with van der Waals surface area (Å²) in [5.74, 6) is 0. The van der Waals surface area contributed by atoms with Crippen LogP contribution in [-0.4, -0.2) is 16.3 Å². The fraction of sp³-hybridized carbons (Fsp3) is 0.150. The molecule has 0 saturated heterocycles. The van der Waals surface area contributed by atoms with Gasteiger partial charge in [0, 0.05) is 36.4 Å². The van der Waals surface area contributed by atoms with Crippen molar-refractivity contribution in [2.75, 3.05) is 11.4 Å². The van der Waals surface area contributed by atoms with Crippen molar-refractivity contribution in [3.8, 4) is 11.3 Å². The number of fused-ring (bicyclic) bond motifs is 1. The first kappa shape index (κ1) is 13.8. The van der Waals surface area contributed by atoms with Crippen molar-refractivity contribution in [3.05, 3.63) is 72.5 Å². The summed E-state index contributed by atoms with van der Waals surface area (Å²) in [6.45, 7) is 3.10. The van der Waals surface area contributed by atoms with Crippen LogP contribution < -0.4 is 4.90 Å². The van der Waals surface area contributed by atoms with Crippen LogP contribution in [0.2, 0.25) is 0 Å². The van der Waals surface area contributed by atoms with E-state index >= 15 is 0 Å². The van der Waals surface area contributed by atoms with Crippen molar-refractivity contribution in [2.45, 2.75) is 6.92 Å². The topological polar surface area (TPSA) is 21.1 Å². The summed E-state index contributed by atoms with van der Waals surface area (Å²) in [6, 6.07) is 14.8. The summed E-state index contributed by atoms with van der Waals surface area (Å²) >= 11 is 0. The fourth-order valence-corrected chi connectivity index (χ4v) is 3.30. The molecule has 0 amide bonds. The van der Waals surface area contributed by atoms with Gasteiger partial charge in [0.15, 0.2) is 0 Å². The first-order valence-corrected chi connectivity index (χ1v) is 7.87. The van der Waals surface area contributed by atoms with Gasteiger partial charge in [-0.3, -0.25) is 4.68 Å². The Labute approximate surface area is 136 Å². The summed E-state index contributed by atoms with van der Waals surface area (Å²) in [5.41, 5.74) is 5.98. The first-order valence-electron chi connectivity index (χ1n) is 7.87. The van der Waals surface area contributed by atoms with Crippen molar-refractivity contribution in [1.29, 1.82) is 0 Å². The maximum Gasteiger partial charge on any atom is 0.0929 e. The number of nitrogens with zero attached hydrogens (tertiary/aromatic N) is 3. The molecule has 0 fully saturated rings. The Morgan fingerprint density at radius 3 is 2.70 bits per heavy atom. The Balaban J connectivity index is 1.90. The Bertz CT molecular complexity index is 931. The highest BCUT2D eigenvalue weighted by atomic mass is 15.3. The fourth-order valence-electron chi connectivity index (χ4n) is 3.30. The van der Waals surface area contributed by atoms with Gasteiger partial charge in [0.1, 0.15) is 0 Å². The zero-order valence-electron chi connectivity index (χ0n) is 13.4. The van der Waals surface area contributed by atoms with Gasteiger partial charge in [-0.05, 0) is 30.7 Å². The molecule has 4 rings (SSSR count). The average molecular weight is 301 g/mol. The molecule has 0 atom stereocenters. The van der Waals surface area contributed by atoms with Gasteiger partial charge in [0.2, 0.25) is 0 Å². The number of aromatic nitrogens is 2. The second-order valence-electron chi connectivity index (χ2n) is 5.86. The first-order chi connectivity index (χ1) is 11.3. The third-order valence-corrected chi connectivity index (χ3v) is 4.43. The van der Waals surface area contributed by atoms with Crippen molar-refractivity contribution >= 4 is 16.6 Å². The smallest absolute Gasteiger partial charge is 0.0929 e. The summed E-state index contributed by atoms with van der Waals surface area (Å²) in [4.78, 5) is 2.28. The van der Waals surface area contributed by atoms with Crippen LogP contribution in [0.4, 0.5) is 5.69 Å². The summed E-state index contributed by atoms with van der Waals surface area (Å²) < 4.78 is 1.99. The Morgan fingerprint density at radius 1 is 1.00 bits per heavy atom. The molecule has 3 nitrogen and oxygen atoms in total. The SMILES string of the molecule is Cc1c(-c2c3ccccc3nn2C)cccc1N1C=CC=CC1. The molecule has 0 unspecified atom stereocenters. The van der Waals surface area contributed by atoms with E-state index in [1.807, 2.05) is 17.8 Å². The van der Waals surface area contributed by atoms with Gasteiger partial charge in [-0.15, -0.1) is 0 Å². The molecule has 0 radical (unpaired) electrons. The van der Waals surface area contributed by atoms with E-state index in [9.17, 15) is 0 Å². The number of hydrogen-bond acceptors (Lipinski definition) is 2. The number of benzene rings is 2. The number of rotatable bonds is 2. The normalized spacial score (nSPS) is 13.9. The highest BCUT2D eigenvalue weighted by Gasteiger charge is 2.16. The lowest BCUT2D eigenvalue weighted by atomic mass is 10.00. The Morgan fingerprint density at radius 2 is 1.87 bits per heavy atom. The molecular formula is C20H19N3. The molecule has 2 heterocycles. The molecule has 1 aliphatic heterocycles. The van der Waals surface area contributed by atoms with E-state index in [-0.39, 0.29) is 0 Å². The van der Waals surface area contributed by atoms with E-state index in [0.29, 0.717) is 0 Å². The second kappa shape index (κ2) is 5.43. The molecule has 0 bridgehead atoms. The number of hydrogen-bond donors (Lipinski definition) is 0. The Hall–Kier alpha value is -2.81. The van der Waals surface area contributed by atoms with E-state index in [0.717, 1.165) is 12.1 Å². The summed E-state index contributed by atoms with van der Waals surface area (Å²) in [7, 11) is 2.02. The molecule has 0 spiro atoms. The quantitative estimate of drug-likeness (QED) is 0.698. The van der Waals surface area contributed by atoms with Crippen molar-refractivity contribution in [3.63, 3.8) is 0 Å². The van der Waals surface area contributed by atoms with Crippen LogP contribution in [0.1, 0.15) is 5.56 Å². The lowest BCUT2D eigenvalue weighted by Crippen LogP contribution is -2.18. The van der Waals surface area contributed by atoms with Crippen molar-refractivity contribution in [2.24, 2.45) is 7.05 Å². The molecule has 1 aliphatic rings. The molecule has 3 heteroatoms. The molecule has 0 N–H and O–H groups in total. The summed E-state index contributed by atoms with van der Waals surface area (Å²) in [5, 5.41) is 5.85. The predicted octanol–water partition coefficient (Wildman–Crippen LogP) is 4.44. The van der Waals surface area contributed by atoms with Crippen LogP contribution in [0.3, 0.4) is 0 Å². The second-order valence-corrected chi connectivity index (χ2v) is 5.86. The molecule has 2 aromatic carbocycles.